The summed E-state index contributed by atoms with van der Waals surface area (Å²) in [5.74, 6) is -0.163. The van der Waals surface area contributed by atoms with E-state index >= 15 is 0 Å². The van der Waals surface area contributed by atoms with Gasteiger partial charge in [-0.25, -0.2) is 0 Å². The zero-order chi connectivity index (χ0) is 19.7. The van der Waals surface area contributed by atoms with Crippen LogP contribution in [0, 0.1) is 0 Å². The van der Waals surface area contributed by atoms with Gasteiger partial charge >= 0.3 is 0 Å². The van der Waals surface area contributed by atoms with Gasteiger partial charge in [0.25, 0.3) is 0 Å². The van der Waals surface area contributed by atoms with Crippen LogP contribution in [0.3, 0.4) is 0 Å². The van der Waals surface area contributed by atoms with Gasteiger partial charge in [0.05, 0.1) is 6.61 Å². The van der Waals surface area contributed by atoms with Crippen LogP contribution >= 0.6 is 0 Å². The molecule has 28 heavy (non-hydrogen) atoms. The number of ether oxygens (including phenoxy) is 3. The molecule has 7 nitrogen and oxygen atoms in total. The highest BCUT2D eigenvalue weighted by Crippen LogP contribution is 2.39. The first kappa shape index (κ1) is 19.0. The minimum absolute atomic E-state index is 0.163. The Balaban J connectivity index is 1.48. The molecular formula is C21H23NO6. The van der Waals surface area contributed by atoms with Crippen molar-refractivity contribution in [2.75, 3.05) is 11.9 Å². The van der Waals surface area contributed by atoms with Gasteiger partial charge in [-0.3, -0.25) is 4.79 Å². The Morgan fingerprint density at radius 2 is 1.68 bits per heavy atom. The second-order valence-corrected chi connectivity index (χ2v) is 7.06. The first-order valence-electron chi connectivity index (χ1n) is 9.24. The number of aliphatic hydroxyl groups excluding tert-OH is 2. The fourth-order valence-electron chi connectivity index (χ4n) is 3.63. The first-order chi connectivity index (χ1) is 13.5. The van der Waals surface area contributed by atoms with E-state index in [4.69, 9.17) is 14.2 Å². The summed E-state index contributed by atoms with van der Waals surface area (Å²) in [6.07, 6.45) is -4.79. The van der Waals surface area contributed by atoms with Crippen molar-refractivity contribution >= 4 is 11.6 Å². The molecule has 2 fully saturated rings. The van der Waals surface area contributed by atoms with Crippen LogP contribution < -0.4 is 5.32 Å². The average Bonchev–Trinajstić information content (AvgIpc) is 2.71. The van der Waals surface area contributed by atoms with Gasteiger partial charge in [-0.1, -0.05) is 42.5 Å². The number of hydrogen-bond donors (Lipinski definition) is 3. The summed E-state index contributed by atoms with van der Waals surface area (Å²) in [6.45, 7) is 1.68. The van der Waals surface area contributed by atoms with Gasteiger partial charge < -0.3 is 29.7 Å². The number of fused-ring (bicyclic) bond motifs is 1. The summed E-state index contributed by atoms with van der Waals surface area (Å²) < 4.78 is 17.7. The van der Waals surface area contributed by atoms with Crippen LogP contribution in [0.4, 0.5) is 5.69 Å². The Morgan fingerprint density at radius 1 is 0.964 bits per heavy atom. The third-order valence-electron chi connectivity index (χ3n) is 5.01. The van der Waals surface area contributed by atoms with Gasteiger partial charge in [0.1, 0.15) is 30.5 Å². The summed E-state index contributed by atoms with van der Waals surface area (Å²) in [4.78, 5) is 11.1. The van der Waals surface area contributed by atoms with Crippen molar-refractivity contribution in [2.24, 2.45) is 0 Å². The van der Waals surface area contributed by atoms with E-state index in [1.165, 1.54) is 6.92 Å². The lowest BCUT2D eigenvalue weighted by Gasteiger charge is -2.46. The Kier molecular flexibility index (Phi) is 5.43. The van der Waals surface area contributed by atoms with Gasteiger partial charge in [-0.2, -0.15) is 0 Å². The van der Waals surface area contributed by atoms with Crippen molar-refractivity contribution in [3.8, 4) is 0 Å². The number of carbonyl (C=O) groups excluding carboxylic acids is 1. The van der Waals surface area contributed by atoms with Crippen molar-refractivity contribution in [1.29, 1.82) is 0 Å². The highest BCUT2D eigenvalue weighted by Gasteiger charge is 2.49. The molecule has 0 radical (unpaired) electrons. The number of amides is 1. The number of rotatable bonds is 3. The lowest BCUT2D eigenvalue weighted by atomic mass is 9.90. The van der Waals surface area contributed by atoms with E-state index < -0.39 is 36.8 Å². The van der Waals surface area contributed by atoms with E-state index in [9.17, 15) is 15.0 Å². The molecule has 0 aromatic heterocycles. The fraction of sp³-hybridized carbons (Fsp3) is 0.381. The molecule has 1 amide bonds. The van der Waals surface area contributed by atoms with E-state index in [0.29, 0.717) is 11.3 Å². The van der Waals surface area contributed by atoms with Crippen LogP contribution in [-0.4, -0.2) is 47.1 Å². The largest absolute Gasteiger partial charge is 0.387 e. The number of carbonyl (C=O) groups is 1. The molecule has 1 unspecified atom stereocenters. The van der Waals surface area contributed by atoms with E-state index in [0.717, 1.165) is 5.56 Å². The van der Waals surface area contributed by atoms with E-state index in [1.807, 2.05) is 30.3 Å². The maximum Gasteiger partial charge on any atom is 0.221 e. The second kappa shape index (κ2) is 7.98. The van der Waals surface area contributed by atoms with Crippen LogP contribution in [0.5, 0.6) is 0 Å². The third kappa shape index (κ3) is 3.80. The molecule has 0 spiro atoms. The van der Waals surface area contributed by atoms with Crippen LogP contribution in [0.1, 0.15) is 30.4 Å². The van der Waals surface area contributed by atoms with Crippen molar-refractivity contribution < 1.29 is 29.2 Å². The SMILES string of the molecule is CC(=O)Nc1ccc([C@@H]2O[C@@H]3COC(c4ccccc4)O[C@H]3[C@H](O)[C@H]2O)cc1. The summed E-state index contributed by atoms with van der Waals surface area (Å²) in [6, 6.07) is 16.4. The predicted molar refractivity (Wildman–Crippen MR) is 100 cm³/mol. The number of anilines is 1. The number of hydrogen-bond acceptors (Lipinski definition) is 6. The number of nitrogens with one attached hydrogen (secondary N) is 1. The van der Waals surface area contributed by atoms with E-state index in [2.05, 4.69) is 5.32 Å². The molecule has 2 saturated heterocycles. The van der Waals surface area contributed by atoms with Crippen molar-refractivity contribution in [3.05, 3.63) is 65.7 Å². The quantitative estimate of drug-likeness (QED) is 0.747. The normalized spacial score (nSPS) is 32.4. The molecule has 148 valence electrons. The number of aliphatic hydroxyl groups is 2. The first-order valence-corrected chi connectivity index (χ1v) is 9.24. The fourth-order valence-corrected chi connectivity index (χ4v) is 3.63. The summed E-state index contributed by atoms with van der Waals surface area (Å²) in [5.41, 5.74) is 2.19. The van der Waals surface area contributed by atoms with Crippen LogP contribution in [0.2, 0.25) is 0 Å². The Morgan fingerprint density at radius 3 is 2.36 bits per heavy atom. The molecule has 7 heteroatoms. The average molecular weight is 385 g/mol. The molecule has 3 N–H and O–H groups in total. The van der Waals surface area contributed by atoms with Crippen molar-refractivity contribution in [1.82, 2.24) is 0 Å². The highest BCUT2D eigenvalue weighted by atomic mass is 16.7. The second-order valence-electron chi connectivity index (χ2n) is 7.06. The monoisotopic (exact) mass is 385 g/mol. The molecule has 4 rings (SSSR count). The summed E-state index contributed by atoms with van der Waals surface area (Å²) in [7, 11) is 0. The van der Waals surface area contributed by atoms with Gasteiger partial charge in [0, 0.05) is 18.2 Å². The van der Waals surface area contributed by atoms with Crippen LogP contribution in [-0.2, 0) is 19.0 Å². The van der Waals surface area contributed by atoms with Crippen LogP contribution in [0.15, 0.2) is 54.6 Å². The molecule has 0 saturated carbocycles. The van der Waals surface area contributed by atoms with Crippen molar-refractivity contribution in [2.45, 2.75) is 43.7 Å². The lowest BCUT2D eigenvalue weighted by Crippen LogP contribution is -2.59. The molecule has 2 heterocycles. The maximum atomic E-state index is 11.1. The molecule has 2 aromatic carbocycles. The highest BCUT2D eigenvalue weighted by molar-refractivity contribution is 5.88. The summed E-state index contributed by atoms with van der Waals surface area (Å²) in [5, 5.41) is 24.0. The van der Waals surface area contributed by atoms with Gasteiger partial charge in [0.2, 0.25) is 5.91 Å². The zero-order valence-corrected chi connectivity index (χ0v) is 15.4. The van der Waals surface area contributed by atoms with Gasteiger partial charge in [-0.15, -0.1) is 0 Å². The molecule has 2 aromatic rings. The third-order valence-corrected chi connectivity index (χ3v) is 5.01. The Labute approximate surface area is 162 Å². The molecule has 0 aliphatic carbocycles. The number of benzene rings is 2. The predicted octanol–water partition coefficient (Wildman–Crippen LogP) is 1.92. The van der Waals surface area contributed by atoms with E-state index in [-0.39, 0.29) is 12.5 Å². The maximum absolute atomic E-state index is 11.1. The molecule has 6 atom stereocenters. The standard InChI is InChI=1S/C21H23NO6/c1-12(23)22-15-9-7-13(8-10-15)19-17(24)18(25)20-16(27-19)11-26-21(28-20)14-5-3-2-4-6-14/h2-10,16-21,24-25H,11H2,1H3,(H,22,23)/t16-,17-,18-,19+,20-,21?/m1/s1. The lowest BCUT2D eigenvalue weighted by molar-refractivity contribution is -0.330. The van der Waals surface area contributed by atoms with Gasteiger partial charge in [0.15, 0.2) is 6.29 Å². The Hall–Kier alpha value is -2.29. The topological polar surface area (TPSA) is 97.3 Å². The molecule has 2 aliphatic rings. The van der Waals surface area contributed by atoms with Gasteiger partial charge in [-0.05, 0) is 17.7 Å². The van der Waals surface area contributed by atoms with Crippen LogP contribution in [0.25, 0.3) is 0 Å². The Bertz CT molecular complexity index is 809. The smallest absolute Gasteiger partial charge is 0.221 e. The molecular weight excluding hydrogens is 362 g/mol. The summed E-state index contributed by atoms with van der Waals surface area (Å²) >= 11 is 0. The zero-order valence-electron chi connectivity index (χ0n) is 15.4. The minimum atomic E-state index is -1.15. The van der Waals surface area contributed by atoms with Crippen molar-refractivity contribution in [3.63, 3.8) is 0 Å². The molecule has 0 bridgehead atoms. The molecule has 2 aliphatic heterocycles. The minimum Gasteiger partial charge on any atom is -0.387 e. The van der Waals surface area contributed by atoms with E-state index in [1.54, 1.807) is 24.3 Å².